The number of aromatic nitrogens is 1. The first kappa shape index (κ1) is 13.4. The predicted molar refractivity (Wildman–Crippen MR) is 77.3 cm³/mol. The maximum atomic E-state index is 13.4. The van der Waals surface area contributed by atoms with Gasteiger partial charge >= 0.3 is 0 Å². The van der Waals surface area contributed by atoms with Crippen molar-refractivity contribution in [3.05, 3.63) is 59.4 Å². The van der Waals surface area contributed by atoms with Gasteiger partial charge in [-0.05, 0) is 42.8 Å². The second-order valence-electron chi connectivity index (χ2n) is 4.95. The van der Waals surface area contributed by atoms with E-state index in [0.29, 0.717) is 12.3 Å². The van der Waals surface area contributed by atoms with Gasteiger partial charge in [-0.15, -0.1) is 0 Å². The van der Waals surface area contributed by atoms with Crippen LogP contribution < -0.4 is 5.32 Å². The van der Waals surface area contributed by atoms with E-state index in [1.54, 1.807) is 24.5 Å². The highest BCUT2D eigenvalue weighted by Crippen LogP contribution is 2.23. The van der Waals surface area contributed by atoms with Crippen LogP contribution in [0, 0.1) is 12.7 Å². The lowest BCUT2D eigenvalue weighted by Crippen LogP contribution is -2.24. The molecule has 0 fully saturated rings. The first-order chi connectivity index (χ1) is 10.1. The molecule has 2 N–H and O–H groups in total. The third-order valence-corrected chi connectivity index (χ3v) is 3.46. The first-order valence-electron chi connectivity index (χ1n) is 6.69. The Balaban J connectivity index is 1.76. The van der Waals surface area contributed by atoms with E-state index < -0.39 is 0 Å². The van der Waals surface area contributed by atoms with E-state index in [2.05, 4.69) is 10.3 Å². The Bertz CT molecular complexity index is 775. The van der Waals surface area contributed by atoms with Crippen molar-refractivity contribution in [3.63, 3.8) is 0 Å². The molecular formula is C16H15FN2O2. The molecule has 0 aliphatic carbocycles. The van der Waals surface area contributed by atoms with Crippen molar-refractivity contribution in [2.24, 2.45) is 0 Å². The standard InChI is InChI=1S/C16H15FN2O2/c1-10-13(14-7-11(17)4-5-15(14)19-10)8-16(20)18-9-12-3-2-6-21-12/h2-7,19H,8-9H2,1H3,(H,18,20). The van der Waals surface area contributed by atoms with E-state index in [4.69, 9.17) is 4.42 Å². The number of carbonyl (C=O) groups is 1. The third kappa shape index (κ3) is 2.81. The van der Waals surface area contributed by atoms with Gasteiger partial charge in [0.15, 0.2) is 0 Å². The minimum absolute atomic E-state index is 0.125. The number of aromatic amines is 1. The average molecular weight is 286 g/mol. The molecule has 3 aromatic rings. The van der Waals surface area contributed by atoms with Crippen molar-refractivity contribution >= 4 is 16.8 Å². The Kier molecular flexibility index (Phi) is 3.48. The monoisotopic (exact) mass is 286 g/mol. The lowest BCUT2D eigenvalue weighted by atomic mass is 10.1. The Hall–Kier alpha value is -2.56. The summed E-state index contributed by atoms with van der Waals surface area (Å²) in [7, 11) is 0. The smallest absolute Gasteiger partial charge is 0.224 e. The molecule has 0 atom stereocenters. The number of aryl methyl sites for hydroxylation is 1. The Morgan fingerprint density at radius 2 is 2.24 bits per heavy atom. The van der Waals surface area contributed by atoms with Crippen LogP contribution in [0.5, 0.6) is 0 Å². The second kappa shape index (κ2) is 5.44. The number of nitrogens with one attached hydrogen (secondary N) is 2. The molecule has 1 aromatic carbocycles. The number of benzene rings is 1. The van der Waals surface area contributed by atoms with Crippen LogP contribution in [0.4, 0.5) is 4.39 Å². The van der Waals surface area contributed by atoms with Crippen LogP contribution in [0.2, 0.25) is 0 Å². The van der Waals surface area contributed by atoms with Crippen LogP contribution in [0.1, 0.15) is 17.0 Å². The van der Waals surface area contributed by atoms with Gasteiger partial charge in [-0.3, -0.25) is 4.79 Å². The molecule has 21 heavy (non-hydrogen) atoms. The molecule has 3 rings (SSSR count). The maximum absolute atomic E-state index is 13.4. The van der Waals surface area contributed by atoms with Crippen molar-refractivity contribution in [1.82, 2.24) is 10.3 Å². The Morgan fingerprint density at radius 3 is 3.00 bits per heavy atom. The lowest BCUT2D eigenvalue weighted by Gasteiger charge is -2.04. The number of hydrogen-bond acceptors (Lipinski definition) is 2. The summed E-state index contributed by atoms with van der Waals surface area (Å²) in [5, 5.41) is 3.54. The van der Waals surface area contributed by atoms with Crippen LogP contribution in [0.25, 0.3) is 10.9 Å². The van der Waals surface area contributed by atoms with E-state index in [-0.39, 0.29) is 18.1 Å². The third-order valence-electron chi connectivity index (χ3n) is 3.46. The van der Waals surface area contributed by atoms with E-state index in [1.807, 2.05) is 6.92 Å². The molecule has 0 spiro atoms. The fraction of sp³-hybridized carbons (Fsp3) is 0.188. The normalized spacial score (nSPS) is 11.0. The maximum Gasteiger partial charge on any atom is 0.224 e. The van der Waals surface area contributed by atoms with Crippen molar-refractivity contribution in [3.8, 4) is 0 Å². The Labute approximate surface area is 121 Å². The van der Waals surface area contributed by atoms with Gasteiger partial charge in [-0.25, -0.2) is 4.39 Å². The molecule has 108 valence electrons. The average Bonchev–Trinajstić information content (AvgIpc) is 3.06. The zero-order valence-corrected chi connectivity index (χ0v) is 11.6. The fourth-order valence-corrected chi connectivity index (χ4v) is 2.40. The predicted octanol–water partition coefficient (Wildman–Crippen LogP) is 3.07. The van der Waals surface area contributed by atoms with Crippen molar-refractivity contribution < 1.29 is 13.6 Å². The van der Waals surface area contributed by atoms with E-state index >= 15 is 0 Å². The van der Waals surface area contributed by atoms with Crippen molar-refractivity contribution in [1.29, 1.82) is 0 Å². The quantitative estimate of drug-likeness (QED) is 0.774. The highest BCUT2D eigenvalue weighted by molar-refractivity contribution is 5.90. The summed E-state index contributed by atoms with van der Waals surface area (Å²) in [6.45, 7) is 2.23. The fourth-order valence-electron chi connectivity index (χ4n) is 2.40. The SMILES string of the molecule is Cc1[nH]c2ccc(F)cc2c1CC(=O)NCc1ccco1. The van der Waals surface area contributed by atoms with Gasteiger partial charge in [0.25, 0.3) is 0 Å². The first-order valence-corrected chi connectivity index (χ1v) is 6.69. The highest BCUT2D eigenvalue weighted by atomic mass is 19.1. The number of amides is 1. The molecular weight excluding hydrogens is 271 g/mol. The number of halogens is 1. The van der Waals surface area contributed by atoms with Gasteiger partial charge in [-0.2, -0.15) is 0 Å². The number of furan rings is 1. The molecule has 0 bridgehead atoms. The van der Waals surface area contributed by atoms with Gasteiger partial charge in [0.1, 0.15) is 11.6 Å². The van der Waals surface area contributed by atoms with Crippen LogP contribution in [0.3, 0.4) is 0 Å². The molecule has 4 nitrogen and oxygen atoms in total. The number of rotatable bonds is 4. The molecule has 5 heteroatoms. The number of hydrogen-bond donors (Lipinski definition) is 2. The minimum atomic E-state index is -0.307. The molecule has 0 unspecified atom stereocenters. The summed E-state index contributed by atoms with van der Waals surface area (Å²) < 4.78 is 18.5. The van der Waals surface area contributed by atoms with Gasteiger partial charge in [0, 0.05) is 16.6 Å². The molecule has 1 amide bonds. The van der Waals surface area contributed by atoms with Gasteiger partial charge in [-0.1, -0.05) is 0 Å². The van der Waals surface area contributed by atoms with Gasteiger partial charge in [0.2, 0.25) is 5.91 Å². The largest absolute Gasteiger partial charge is 0.467 e. The van der Waals surface area contributed by atoms with Crippen molar-refractivity contribution in [2.75, 3.05) is 0 Å². The molecule has 0 saturated carbocycles. The van der Waals surface area contributed by atoms with E-state index in [0.717, 1.165) is 22.2 Å². The summed E-state index contributed by atoms with van der Waals surface area (Å²) in [5.74, 6) is 0.267. The summed E-state index contributed by atoms with van der Waals surface area (Å²) in [5.41, 5.74) is 2.54. The molecule has 2 heterocycles. The number of fused-ring (bicyclic) bond motifs is 1. The van der Waals surface area contributed by atoms with Crippen molar-refractivity contribution in [2.45, 2.75) is 19.9 Å². The van der Waals surface area contributed by atoms with E-state index in [1.165, 1.54) is 12.1 Å². The topological polar surface area (TPSA) is 58.0 Å². The number of H-pyrrole nitrogens is 1. The summed E-state index contributed by atoms with van der Waals surface area (Å²) >= 11 is 0. The summed E-state index contributed by atoms with van der Waals surface area (Å²) in [6, 6.07) is 8.11. The molecule has 0 aliphatic heterocycles. The zero-order valence-electron chi connectivity index (χ0n) is 11.6. The van der Waals surface area contributed by atoms with Crippen LogP contribution in [0.15, 0.2) is 41.0 Å². The Morgan fingerprint density at radius 1 is 1.38 bits per heavy atom. The van der Waals surface area contributed by atoms with E-state index in [9.17, 15) is 9.18 Å². The summed E-state index contributed by atoms with van der Waals surface area (Å²) in [6.07, 6.45) is 1.77. The molecule has 0 saturated heterocycles. The molecule has 0 aliphatic rings. The minimum Gasteiger partial charge on any atom is -0.467 e. The zero-order chi connectivity index (χ0) is 14.8. The van der Waals surface area contributed by atoms with Crippen LogP contribution in [-0.4, -0.2) is 10.9 Å². The van der Waals surface area contributed by atoms with Gasteiger partial charge in [0.05, 0.1) is 19.2 Å². The lowest BCUT2D eigenvalue weighted by molar-refractivity contribution is -0.120. The summed E-state index contributed by atoms with van der Waals surface area (Å²) in [4.78, 5) is 15.2. The number of carbonyl (C=O) groups excluding carboxylic acids is 1. The second-order valence-corrected chi connectivity index (χ2v) is 4.95. The highest BCUT2D eigenvalue weighted by Gasteiger charge is 2.13. The van der Waals surface area contributed by atoms with Gasteiger partial charge < -0.3 is 14.7 Å². The van der Waals surface area contributed by atoms with Crippen LogP contribution in [-0.2, 0) is 17.8 Å². The molecule has 2 aromatic heterocycles. The van der Waals surface area contributed by atoms with Crippen LogP contribution >= 0.6 is 0 Å². The molecule has 0 radical (unpaired) electrons.